The molecule has 11 heteroatoms. The van der Waals surface area contributed by atoms with Gasteiger partial charge in [-0.1, -0.05) is 38.1 Å². The highest BCUT2D eigenvalue weighted by molar-refractivity contribution is 7.09. The number of carbonyl (C=O) groups excluding carboxylic acids is 3. The summed E-state index contributed by atoms with van der Waals surface area (Å²) in [6, 6.07) is 7.27. The number of amides is 3. The second-order valence-corrected chi connectivity index (χ2v) is 11.8. The van der Waals surface area contributed by atoms with Crippen LogP contribution in [-0.2, 0) is 21.5 Å². The van der Waals surface area contributed by atoms with Crippen molar-refractivity contribution in [2.24, 2.45) is 5.92 Å². The number of nitrogens with one attached hydrogen (secondary N) is 1. The van der Waals surface area contributed by atoms with Gasteiger partial charge in [0, 0.05) is 36.5 Å². The first-order valence-electron chi connectivity index (χ1n) is 13.2. The van der Waals surface area contributed by atoms with Crippen LogP contribution >= 0.6 is 11.3 Å². The highest BCUT2D eigenvalue weighted by Crippen LogP contribution is 2.29. The largest absolute Gasteiger partial charge is 0.356 e. The van der Waals surface area contributed by atoms with Crippen LogP contribution in [0.15, 0.2) is 34.3 Å². The van der Waals surface area contributed by atoms with Gasteiger partial charge in [0.1, 0.15) is 6.42 Å². The SMILES string of the molecule is CCNC(=O)CC(=O)N1CCC(CN(Cc2scnc2C)C(=O)c2ccccc2-c2nc(C(C)(C)C)no2)C1. The Bertz CT molecular complexity index is 1330. The number of hydrogen-bond donors (Lipinski definition) is 1. The summed E-state index contributed by atoms with van der Waals surface area (Å²) in [5.74, 6) is 0.358. The van der Waals surface area contributed by atoms with Crippen molar-refractivity contribution in [2.75, 3.05) is 26.2 Å². The maximum absolute atomic E-state index is 14.1. The van der Waals surface area contributed by atoms with Gasteiger partial charge < -0.3 is 19.6 Å². The van der Waals surface area contributed by atoms with E-state index in [4.69, 9.17) is 4.52 Å². The molecule has 4 rings (SSSR count). The van der Waals surface area contributed by atoms with Crippen LogP contribution in [0, 0.1) is 12.8 Å². The number of benzene rings is 1. The van der Waals surface area contributed by atoms with Crippen molar-refractivity contribution in [1.82, 2.24) is 30.2 Å². The quantitative estimate of drug-likeness (QED) is 0.401. The van der Waals surface area contributed by atoms with E-state index >= 15 is 0 Å². The van der Waals surface area contributed by atoms with Gasteiger partial charge in [-0.05, 0) is 38.3 Å². The normalized spacial score (nSPS) is 15.4. The standard InChI is InChI=1S/C28H36N6O4S/c1-6-29-23(35)13-24(36)33-12-11-19(14-33)15-34(16-22-18(2)30-17-39-22)26(37)21-10-8-7-9-20(21)25-31-27(32-38-25)28(3,4)5/h7-10,17,19H,6,11-16H2,1-5H3,(H,29,35). The van der Waals surface area contributed by atoms with Gasteiger partial charge in [0.05, 0.1) is 28.9 Å². The Balaban J connectivity index is 1.56. The lowest BCUT2D eigenvalue weighted by atomic mass is 9.96. The minimum Gasteiger partial charge on any atom is -0.356 e. The molecule has 1 aliphatic heterocycles. The Morgan fingerprint density at radius 2 is 2.00 bits per heavy atom. The smallest absolute Gasteiger partial charge is 0.258 e. The third kappa shape index (κ3) is 6.89. The number of carbonyl (C=O) groups is 3. The Kier molecular flexibility index (Phi) is 8.79. The number of hydrogen-bond acceptors (Lipinski definition) is 8. The maximum atomic E-state index is 14.1. The molecule has 0 radical (unpaired) electrons. The summed E-state index contributed by atoms with van der Waals surface area (Å²) < 4.78 is 5.58. The van der Waals surface area contributed by atoms with Crippen LogP contribution in [0.2, 0.25) is 0 Å². The van der Waals surface area contributed by atoms with E-state index < -0.39 is 0 Å². The fraction of sp³-hybridized carbons (Fsp3) is 0.500. The fourth-order valence-electron chi connectivity index (χ4n) is 4.56. The van der Waals surface area contributed by atoms with Gasteiger partial charge in [0.25, 0.3) is 11.8 Å². The van der Waals surface area contributed by atoms with Crippen molar-refractivity contribution < 1.29 is 18.9 Å². The van der Waals surface area contributed by atoms with E-state index in [1.165, 1.54) is 11.3 Å². The van der Waals surface area contributed by atoms with Crippen molar-refractivity contribution in [1.29, 1.82) is 0 Å². The molecular formula is C28H36N6O4S. The number of thiazole rings is 1. The van der Waals surface area contributed by atoms with E-state index in [1.54, 1.807) is 16.5 Å². The second-order valence-electron chi connectivity index (χ2n) is 10.9. The third-order valence-corrected chi connectivity index (χ3v) is 7.67. The first kappa shape index (κ1) is 28.4. The molecule has 1 unspecified atom stereocenters. The number of aryl methyl sites for hydroxylation is 1. The molecule has 0 bridgehead atoms. The van der Waals surface area contributed by atoms with Crippen LogP contribution in [0.5, 0.6) is 0 Å². The van der Waals surface area contributed by atoms with Crippen molar-refractivity contribution >= 4 is 29.1 Å². The van der Waals surface area contributed by atoms with Gasteiger partial charge in [-0.3, -0.25) is 14.4 Å². The first-order valence-corrected chi connectivity index (χ1v) is 14.1. The summed E-state index contributed by atoms with van der Waals surface area (Å²) in [6.45, 7) is 12.2. The van der Waals surface area contributed by atoms with Crippen LogP contribution in [0.25, 0.3) is 11.5 Å². The molecule has 0 aliphatic carbocycles. The zero-order chi connectivity index (χ0) is 28.2. The van der Waals surface area contributed by atoms with Crippen LogP contribution < -0.4 is 5.32 Å². The van der Waals surface area contributed by atoms with E-state index in [9.17, 15) is 14.4 Å². The Morgan fingerprint density at radius 3 is 2.67 bits per heavy atom. The summed E-state index contributed by atoms with van der Waals surface area (Å²) in [4.78, 5) is 52.1. The summed E-state index contributed by atoms with van der Waals surface area (Å²) in [5, 5.41) is 6.81. The van der Waals surface area contributed by atoms with E-state index in [1.807, 2.05) is 57.7 Å². The Labute approximate surface area is 232 Å². The average Bonchev–Trinajstić information content (AvgIpc) is 3.65. The number of likely N-dealkylation sites (tertiary alicyclic amines) is 1. The molecule has 3 aromatic rings. The van der Waals surface area contributed by atoms with Crippen LogP contribution in [-0.4, -0.2) is 68.8 Å². The second kappa shape index (κ2) is 12.1. The molecule has 3 heterocycles. The van der Waals surface area contributed by atoms with Crippen molar-refractivity contribution in [3.8, 4) is 11.5 Å². The third-order valence-electron chi connectivity index (χ3n) is 6.75. The predicted molar refractivity (Wildman–Crippen MR) is 148 cm³/mol. The number of aromatic nitrogens is 3. The molecule has 39 heavy (non-hydrogen) atoms. The Hall–Kier alpha value is -3.60. The zero-order valence-corrected chi connectivity index (χ0v) is 24.0. The van der Waals surface area contributed by atoms with Gasteiger partial charge in [0.2, 0.25) is 11.8 Å². The molecule has 10 nitrogen and oxygen atoms in total. The summed E-state index contributed by atoms with van der Waals surface area (Å²) in [6.07, 6.45) is 0.601. The minimum atomic E-state index is -0.292. The van der Waals surface area contributed by atoms with Crippen molar-refractivity contribution in [3.05, 3.63) is 51.7 Å². The lowest BCUT2D eigenvalue weighted by Gasteiger charge is -2.26. The van der Waals surface area contributed by atoms with E-state index in [-0.39, 0.29) is 35.5 Å². The van der Waals surface area contributed by atoms with Crippen LogP contribution in [0.3, 0.4) is 0 Å². The van der Waals surface area contributed by atoms with Gasteiger partial charge in [-0.25, -0.2) is 4.98 Å². The van der Waals surface area contributed by atoms with Crippen molar-refractivity contribution in [2.45, 2.75) is 59.4 Å². The topological polar surface area (TPSA) is 122 Å². The molecule has 3 amide bonds. The maximum Gasteiger partial charge on any atom is 0.258 e. The zero-order valence-electron chi connectivity index (χ0n) is 23.2. The summed E-state index contributed by atoms with van der Waals surface area (Å²) in [7, 11) is 0. The molecule has 0 spiro atoms. The van der Waals surface area contributed by atoms with E-state index in [2.05, 4.69) is 20.4 Å². The molecule has 2 aromatic heterocycles. The lowest BCUT2D eigenvalue weighted by molar-refractivity contribution is -0.135. The van der Waals surface area contributed by atoms with Crippen LogP contribution in [0.4, 0.5) is 0 Å². The predicted octanol–water partition coefficient (Wildman–Crippen LogP) is 3.82. The molecule has 0 saturated carbocycles. The lowest BCUT2D eigenvalue weighted by Crippen LogP contribution is -2.38. The summed E-state index contributed by atoms with van der Waals surface area (Å²) >= 11 is 1.52. The fourth-order valence-corrected chi connectivity index (χ4v) is 5.35. The molecule has 1 aliphatic rings. The Morgan fingerprint density at radius 1 is 1.23 bits per heavy atom. The van der Waals surface area contributed by atoms with Gasteiger partial charge in [-0.2, -0.15) is 4.98 Å². The van der Waals surface area contributed by atoms with Crippen molar-refractivity contribution in [3.63, 3.8) is 0 Å². The molecular weight excluding hydrogens is 516 g/mol. The van der Waals surface area contributed by atoms with E-state index in [0.29, 0.717) is 55.6 Å². The average molecular weight is 553 g/mol. The molecule has 1 fully saturated rings. The number of nitrogens with zero attached hydrogens (tertiary/aromatic N) is 5. The highest BCUT2D eigenvalue weighted by atomic mass is 32.1. The van der Waals surface area contributed by atoms with Gasteiger partial charge in [0.15, 0.2) is 5.82 Å². The molecule has 1 atom stereocenters. The minimum absolute atomic E-state index is 0.0865. The summed E-state index contributed by atoms with van der Waals surface area (Å²) in [5.41, 5.74) is 3.44. The number of rotatable bonds is 9. The molecule has 1 aromatic carbocycles. The first-order chi connectivity index (χ1) is 18.6. The van der Waals surface area contributed by atoms with Crippen LogP contribution in [0.1, 0.15) is 67.3 Å². The molecule has 1 saturated heterocycles. The molecule has 1 N–H and O–H groups in total. The van der Waals surface area contributed by atoms with E-state index in [0.717, 1.165) is 17.0 Å². The monoisotopic (exact) mass is 552 g/mol. The van der Waals surface area contributed by atoms with Gasteiger partial charge in [-0.15, -0.1) is 11.3 Å². The molecule has 208 valence electrons. The van der Waals surface area contributed by atoms with Gasteiger partial charge >= 0.3 is 0 Å². The highest BCUT2D eigenvalue weighted by Gasteiger charge is 2.32.